The Hall–Kier alpha value is -3.50. The molecule has 0 aliphatic rings. The molecule has 4 rings (SSSR count). The van der Waals surface area contributed by atoms with E-state index in [9.17, 15) is 33.0 Å². The van der Waals surface area contributed by atoms with Crippen molar-refractivity contribution in [1.29, 1.82) is 0 Å². The molecule has 1 amide bonds. The second kappa shape index (κ2) is 7.57. The number of phenolic OH excluding ortho intramolecular Hbond substituents is 1. The number of benzene rings is 2. The van der Waals surface area contributed by atoms with Gasteiger partial charge in [0.2, 0.25) is 5.91 Å². The van der Waals surface area contributed by atoms with E-state index in [0.29, 0.717) is 21.5 Å². The minimum atomic E-state index is -4.86. The van der Waals surface area contributed by atoms with Gasteiger partial charge in [0.25, 0.3) is 0 Å². The summed E-state index contributed by atoms with van der Waals surface area (Å²) < 4.78 is 42.8. The van der Waals surface area contributed by atoms with Gasteiger partial charge in [0.15, 0.2) is 0 Å². The van der Waals surface area contributed by atoms with Crippen LogP contribution >= 0.6 is 22.9 Å². The van der Waals surface area contributed by atoms with E-state index >= 15 is 0 Å². The minimum absolute atomic E-state index is 0.00287. The highest BCUT2D eigenvalue weighted by atomic mass is 35.5. The number of halogens is 4. The van der Waals surface area contributed by atoms with Crippen molar-refractivity contribution in [1.82, 2.24) is 4.57 Å². The number of fused-ring (bicyclic) bond motifs is 1. The molecule has 0 spiro atoms. The van der Waals surface area contributed by atoms with Crippen LogP contribution in [-0.4, -0.2) is 26.7 Å². The fraction of sp³-hybridized carbons (Fsp3) is 0.0476. The van der Waals surface area contributed by atoms with Gasteiger partial charge < -0.3 is 20.5 Å². The molecule has 4 N–H and O–H groups in total. The molecule has 0 atom stereocenters. The molecule has 2 aromatic heterocycles. The molecule has 4 aromatic rings. The lowest BCUT2D eigenvalue weighted by Gasteiger charge is -2.16. The number of rotatable bonds is 4. The maximum Gasteiger partial charge on any atom is 0.417 e. The largest absolute Gasteiger partial charge is 0.508 e. The highest BCUT2D eigenvalue weighted by Gasteiger charge is 2.35. The van der Waals surface area contributed by atoms with Crippen molar-refractivity contribution in [2.24, 2.45) is 5.73 Å². The lowest BCUT2D eigenvalue weighted by Crippen LogP contribution is -2.19. The summed E-state index contributed by atoms with van der Waals surface area (Å²) in [6.45, 7) is 0. The highest BCUT2D eigenvalue weighted by molar-refractivity contribution is 7.20. The summed E-state index contributed by atoms with van der Waals surface area (Å²) in [6, 6.07) is 10.1. The summed E-state index contributed by atoms with van der Waals surface area (Å²) in [6.07, 6.45) is -4.86. The topological polar surface area (TPSA) is 106 Å². The van der Waals surface area contributed by atoms with Gasteiger partial charge in [0.1, 0.15) is 10.6 Å². The monoisotopic (exact) mass is 480 g/mol. The zero-order valence-electron chi connectivity index (χ0n) is 15.8. The number of amides is 1. The average molecular weight is 481 g/mol. The Kier molecular flexibility index (Phi) is 5.14. The molecule has 2 heterocycles. The lowest BCUT2D eigenvalue weighted by molar-refractivity contribution is -0.137. The SMILES string of the molecule is NC(=O)c1ccc(-n2c(-c3ccc(O)cc3Cl)cc3sc(C(=O)O)cc32)cc1C(F)(F)F. The summed E-state index contributed by atoms with van der Waals surface area (Å²) in [4.78, 5) is 22.9. The van der Waals surface area contributed by atoms with Crippen molar-refractivity contribution in [3.8, 4) is 22.7 Å². The molecule has 0 saturated carbocycles. The van der Waals surface area contributed by atoms with Gasteiger partial charge in [-0.3, -0.25) is 4.79 Å². The molecule has 0 saturated heterocycles. The Morgan fingerprint density at radius 3 is 2.38 bits per heavy atom. The van der Waals surface area contributed by atoms with Gasteiger partial charge in [-0.1, -0.05) is 11.6 Å². The average Bonchev–Trinajstić information content (AvgIpc) is 3.25. The van der Waals surface area contributed by atoms with Gasteiger partial charge in [0.05, 0.1) is 32.1 Å². The number of thiophene rings is 1. The molecular weight excluding hydrogens is 469 g/mol. The molecular formula is C21H12ClF3N2O4S. The number of hydrogen-bond donors (Lipinski definition) is 3. The normalized spacial score (nSPS) is 11.8. The number of aromatic hydroxyl groups is 1. The van der Waals surface area contributed by atoms with Crippen LogP contribution in [0.1, 0.15) is 25.6 Å². The van der Waals surface area contributed by atoms with Crippen LogP contribution in [0.3, 0.4) is 0 Å². The van der Waals surface area contributed by atoms with Crippen LogP contribution in [-0.2, 0) is 6.18 Å². The van der Waals surface area contributed by atoms with E-state index in [1.54, 1.807) is 6.07 Å². The number of carbonyl (C=O) groups excluding carboxylic acids is 1. The number of alkyl halides is 3. The number of carboxylic acid groups (broad SMARTS) is 1. The first kappa shape index (κ1) is 21.7. The Morgan fingerprint density at radius 2 is 1.78 bits per heavy atom. The third kappa shape index (κ3) is 3.67. The zero-order chi connectivity index (χ0) is 23.4. The van der Waals surface area contributed by atoms with E-state index in [2.05, 4.69) is 0 Å². The first-order valence-corrected chi connectivity index (χ1v) is 10.1. The standard InChI is InChI=1S/C21H12ClF3N2O4S/c22-14-6-10(28)2-4-12(14)15-7-17-16(8-18(32-17)20(30)31)27(15)9-1-3-11(19(26)29)13(5-9)21(23,24)25/h1-8,28H,(H2,26,29)(H,30,31). The molecule has 2 aromatic carbocycles. The Labute approximate surface area is 186 Å². The smallest absolute Gasteiger partial charge is 0.417 e. The minimum Gasteiger partial charge on any atom is -0.508 e. The third-order valence-corrected chi connectivity index (χ3v) is 6.13. The van der Waals surface area contributed by atoms with Crippen LogP contribution in [0.4, 0.5) is 13.2 Å². The van der Waals surface area contributed by atoms with Crippen molar-refractivity contribution in [3.05, 3.63) is 69.6 Å². The quantitative estimate of drug-likeness (QED) is 0.357. The molecule has 0 radical (unpaired) electrons. The second-order valence-electron chi connectivity index (χ2n) is 6.79. The van der Waals surface area contributed by atoms with Gasteiger partial charge in [-0.05, 0) is 48.5 Å². The maximum atomic E-state index is 13.6. The molecule has 0 bridgehead atoms. The third-order valence-electron chi connectivity index (χ3n) is 4.76. The fourth-order valence-electron chi connectivity index (χ4n) is 3.41. The van der Waals surface area contributed by atoms with Gasteiger partial charge in [-0.25, -0.2) is 4.79 Å². The molecule has 32 heavy (non-hydrogen) atoms. The van der Waals surface area contributed by atoms with Crippen LogP contribution in [0.5, 0.6) is 5.75 Å². The summed E-state index contributed by atoms with van der Waals surface area (Å²) in [5, 5.41) is 19.1. The van der Waals surface area contributed by atoms with Crippen LogP contribution in [0.15, 0.2) is 48.5 Å². The van der Waals surface area contributed by atoms with Gasteiger partial charge in [-0.15, -0.1) is 11.3 Å². The number of aromatic nitrogens is 1. The first-order valence-electron chi connectivity index (χ1n) is 8.86. The molecule has 6 nitrogen and oxygen atoms in total. The van der Waals surface area contributed by atoms with Crippen molar-refractivity contribution in [2.75, 3.05) is 0 Å². The van der Waals surface area contributed by atoms with Gasteiger partial charge in [-0.2, -0.15) is 13.2 Å². The second-order valence-corrected chi connectivity index (χ2v) is 8.28. The Bertz CT molecular complexity index is 1410. The number of nitrogens with two attached hydrogens (primary N) is 1. The molecule has 164 valence electrons. The highest BCUT2D eigenvalue weighted by Crippen LogP contribution is 2.41. The number of carboxylic acids is 1. The molecule has 0 fully saturated rings. The van der Waals surface area contributed by atoms with Crippen LogP contribution in [0, 0.1) is 0 Å². The van der Waals surface area contributed by atoms with E-state index in [1.165, 1.54) is 34.9 Å². The molecule has 0 unspecified atom stereocenters. The van der Waals surface area contributed by atoms with E-state index in [0.717, 1.165) is 23.5 Å². The summed E-state index contributed by atoms with van der Waals surface area (Å²) >= 11 is 7.21. The first-order chi connectivity index (χ1) is 15.0. The van der Waals surface area contributed by atoms with Crippen molar-refractivity contribution >= 4 is 45.0 Å². The lowest BCUT2D eigenvalue weighted by atomic mass is 10.0. The van der Waals surface area contributed by atoms with Crippen molar-refractivity contribution in [3.63, 3.8) is 0 Å². The number of phenols is 1. The van der Waals surface area contributed by atoms with E-state index in [4.69, 9.17) is 17.3 Å². The molecule has 0 aliphatic heterocycles. The van der Waals surface area contributed by atoms with Crippen LogP contribution in [0.2, 0.25) is 5.02 Å². The maximum absolute atomic E-state index is 13.6. The summed E-state index contributed by atoms with van der Waals surface area (Å²) in [5.74, 6) is -2.51. The van der Waals surface area contributed by atoms with E-state index in [1.807, 2.05) is 0 Å². The van der Waals surface area contributed by atoms with Crippen molar-refractivity contribution < 1.29 is 33.0 Å². The van der Waals surface area contributed by atoms with Crippen LogP contribution in [0.25, 0.3) is 27.2 Å². The molecule has 11 heteroatoms. The zero-order valence-corrected chi connectivity index (χ0v) is 17.3. The summed E-state index contributed by atoms with van der Waals surface area (Å²) in [7, 11) is 0. The van der Waals surface area contributed by atoms with Crippen LogP contribution < -0.4 is 5.73 Å². The fourth-order valence-corrected chi connectivity index (χ4v) is 4.60. The van der Waals surface area contributed by atoms with Crippen molar-refractivity contribution in [2.45, 2.75) is 6.18 Å². The number of primary amides is 1. The number of hydrogen-bond acceptors (Lipinski definition) is 4. The molecule has 0 aliphatic carbocycles. The van der Waals surface area contributed by atoms with Gasteiger partial charge >= 0.3 is 12.1 Å². The van der Waals surface area contributed by atoms with E-state index in [-0.39, 0.29) is 21.3 Å². The van der Waals surface area contributed by atoms with E-state index < -0.39 is 29.2 Å². The summed E-state index contributed by atoms with van der Waals surface area (Å²) in [5.41, 5.74) is 4.33. The number of carbonyl (C=O) groups is 2. The van der Waals surface area contributed by atoms with Gasteiger partial charge in [0, 0.05) is 11.3 Å². The Balaban J connectivity index is 2.06. The number of aromatic carboxylic acids is 1. The predicted molar refractivity (Wildman–Crippen MR) is 114 cm³/mol. The Morgan fingerprint density at radius 1 is 1.06 bits per heavy atom. The number of nitrogens with zero attached hydrogens (tertiary/aromatic N) is 1. The predicted octanol–water partition coefficient (Wildman–Crippen LogP) is 5.53.